The highest BCUT2D eigenvalue weighted by Crippen LogP contribution is 2.25. The molecule has 5 nitrogen and oxygen atoms in total. The summed E-state index contributed by atoms with van der Waals surface area (Å²) < 4.78 is 6.90. The third-order valence-corrected chi connectivity index (χ3v) is 3.52. The first-order valence-electron chi connectivity index (χ1n) is 6.72. The van der Waals surface area contributed by atoms with E-state index < -0.39 is 0 Å². The van der Waals surface area contributed by atoms with Crippen LogP contribution in [0.3, 0.4) is 0 Å². The number of ether oxygens (including phenoxy) is 1. The number of aromatic nitrogens is 2. The molecule has 1 N–H and O–H groups in total. The van der Waals surface area contributed by atoms with Gasteiger partial charge in [0.2, 0.25) is 0 Å². The molecule has 1 aromatic heterocycles. The van der Waals surface area contributed by atoms with E-state index in [-0.39, 0.29) is 11.6 Å². The number of nitrogens with one attached hydrogen (secondary N) is 1. The summed E-state index contributed by atoms with van der Waals surface area (Å²) in [5.41, 5.74) is 1.89. The maximum atomic E-state index is 12.1. The smallest absolute Gasteiger partial charge is 0.309 e. The van der Waals surface area contributed by atoms with Crippen LogP contribution < -0.4 is 15.6 Å². The highest BCUT2D eigenvalue weighted by Gasteiger charge is 2.23. The van der Waals surface area contributed by atoms with Gasteiger partial charge in [0.15, 0.2) is 5.75 Å². The summed E-state index contributed by atoms with van der Waals surface area (Å²) in [5, 5.41) is 7.53. The number of aryl methyl sites for hydroxylation is 1. The molecular weight excluding hydrogens is 254 g/mol. The minimum absolute atomic E-state index is 0.0521. The second-order valence-electron chi connectivity index (χ2n) is 4.90. The van der Waals surface area contributed by atoms with E-state index in [9.17, 15) is 4.79 Å². The molecule has 20 heavy (non-hydrogen) atoms. The van der Waals surface area contributed by atoms with Crippen LogP contribution in [0.1, 0.15) is 17.2 Å². The van der Waals surface area contributed by atoms with Gasteiger partial charge >= 0.3 is 5.56 Å². The normalized spacial score (nSPS) is 17.9. The topological polar surface area (TPSA) is 56.2 Å². The van der Waals surface area contributed by atoms with Crippen LogP contribution in [0.25, 0.3) is 0 Å². The van der Waals surface area contributed by atoms with E-state index in [1.165, 1.54) is 10.2 Å². The average molecular weight is 271 g/mol. The van der Waals surface area contributed by atoms with Gasteiger partial charge in [0.25, 0.3) is 0 Å². The van der Waals surface area contributed by atoms with Crippen LogP contribution in [0, 0.1) is 0 Å². The molecule has 2 heterocycles. The van der Waals surface area contributed by atoms with E-state index in [0.717, 1.165) is 18.5 Å². The summed E-state index contributed by atoms with van der Waals surface area (Å²) in [6, 6.07) is 10.3. The van der Waals surface area contributed by atoms with E-state index in [0.29, 0.717) is 12.4 Å². The molecule has 1 aromatic carbocycles. The van der Waals surface area contributed by atoms with Gasteiger partial charge in [-0.2, -0.15) is 5.10 Å². The molecule has 3 rings (SSSR count). The molecule has 1 atom stereocenters. The van der Waals surface area contributed by atoms with Gasteiger partial charge in [0, 0.05) is 25.2 Å². The molecule has 104 valence electrons. The highest BCUT2D eigenvalue weighted by atomic mass is 16.5. The number of hydrogen-bond donors (Lipinski definition) is 1. The third-order valence-electron chi connectivity index (χ3n) is 3.52. The molecule has 0 fully saturated rings. The predicted octanol–water partition coefficient (Wildman–Crippen LogP) is 1.05. The van der Waals surface area contributed by atoms with Gasteiger partial charge < -0.3 is 10.1 Å². The van der Waals surface area contributed by atoms with Crippen molar-refractivity contribution in [3.8, 4) is 5.75 Å². The molecule has 0 radical (unpaired) electrons. The fraction of sp³-hybridized carbons (Fsp3) is 0.333. The zero-order valence-electron chi connectivity index (χ0n) is 11.4. The Kier molecular flexibility index (Phi) is 3.52. The zero-order chi connectivity index (χ0) is 13.9. The summed E-state index contributed by atoms with van der Waals surface area (Å²) >= 11 is 0. The molecule has 0 spiro atoms. The summed E-state index contributed by atoms with van der Waals surface area (Å²) in [6.45, 7) is 1.22. The maximum absolute atomic E-state index is 12.1. The van der Waals surface area contributed by atoms with Gasteiger partial charge in [-0.05, 0) is 12.0 Å². The van der Waals surface area contributed by atoms with Crippen molar-refractivity contribution in [1.82, 2.24) is 15.1 Å². The van der Waals surface area contributed by atoms with Gasteiger partial charge in [0.05, 0.1) is 6.20 Å². The van der Waals surface area contributed by atoms with E-state index in [2.05, 4.69) is 22.5 Å². The van der Waals surface area contributed by atoms with Crippen LogP contribution in [-0.2, 0) is 13.5 Å². The Morgan fingerprint density at radius 1 is 1.40 bits per heavy atom. The number of rotatable bonds is 2. The van der Waals surface area contributed by atoms with Crippen molar-refractivity contribution < 1.29 is 4.74 Å². The van der Waals surface area contributed by atoms with Gasteiger partial charge in [-0.3, -0.25) is 4.79 Å². The van der Waals surface area contributed by atoms with E-state index in [1.807, 2.05) is 18.2 Å². The molecule has 5 heteroatoms. The second kappa shape index (κ2) is 5.46. The second-order valence-corrected chi connectivity index (χ2v) is 4.90. The first kappa shape index (κ1) is 12.9. The van der Waals surface area contributed by atoms with Crippen LogP contribution in [0.5, 0.6) is 5.75 Å². The molecule has 0 saturated carbocycles. The molecular formula is C15H17N3O2. The first-order chi connectivity index (χ1) is 9.75. The predicted molar refractivity (Wildman–Crippen MR) is 75.9 cm³/mol. The Balaban J connectivity index is 1.98. The number of hydrogen-bond acceptors (Lipinski definition) is 4. The fourth-order valence-corrected chi connectivity index (χ4v) is 2.45. The van der Waals surface area contributed by atoms with Crippen molar-refractivity contribution in [2.75, 3.05) is 13.2 Å². The molecule has 1 aliphatic heterocycles. The summed E-state index contributed by atoms with van der Waals surface area (Å²) in [4.78, 5) is 12.1. The van der Waals surface area contributed by atoms with Gasteiger partial charge in [0.1, 0.15) is 6.61 Å². The summed E-state index contributed by atoms with van der Waals surface area (Å²) in [6.07, 6.45) is 2.54. The van der Waals surface area contributed by atoms with Crippen molar-refractivity contribution >= 4 is 0 Å². The minimum atomic E-state index is -0.177. The fourth-order valence-electron chi connectivity index (χ4n) is 2.45. The van der Waals surface area contributed by atoms with Crippen molar-refractivity contribution in [3.05, 3.63) is 58.0 Å². The molecule has 0 bridgehead atoms. The summed E-state index contributed by atoms with van der Waals surface area (Å²) in [7, 11) is 1.64. The average Bonchev–Trinajstić information content (AvgIpc) is 2.67. The van der Waals surface area contributed by atoms with Gasteiger partial charge in [-0.15, -0.1) is 0 Å². The Bertz CT molecular complexity index is 652. The van der Waals surface area contributed by atoms with Crippen LogP contribution >= 0.6 is 0 Å². The van der Waals surface area contributed by atoms with E-state index in [4.69, 9.17) is 4.74 Å². The Labute approximate surface area is 117 Å². The molecule has 1 aliphatic rings. The monoisotopic (exact) mass is 271 g/mol. The lowest BCUT2D eigenvalue weighted by molar-refractivity contribution is 0.316. The first-order valence-corrected chi connectivity index (χ1v) is 6.72. The molecule has 0 amide bonds. The number of fused-ring (bicyclic) bond motifs is 1. The number of nitrogens with zero attached hydrogens (tertiary/aromatic N) is 2. The van der Waals surface area contributed by atoms with Crippen LogP contribution in [0.15, 0.2) is 41.3 Å². The van der Waals surface area contributed by atoms with E-state index in [1.54, 1.807) is 13.2 Å². The van der Waals surface area contributed by atoms with Gasteiger partial charge in [-0.25, -0.2) is 4.68 Å². The quantitative estimate of drug-likeness (QED) is 0.887. The lowest BCUT2D eigenvalue weighted by Crippen LogP contribution is -2.26. The Morgan fingerprint density at radius 2 is 2.20 bits per heavy atom. The van der Waals surface area contributed by atoms with Gasteiger partial charge in [-0.1, -0.05) is 30.3 Å². The maximum Gasteiger partial charge on any atom is 0.309 e. The highest BCUT2D eigenvalue weighted by molar-refractivity contribution is 5.33. The van der Waals surface area contributed by atoms with Crippen molar-refractivity contribution in [1.29, 1.82) is 0 Å². The molecule has 0 aliphatic carbocycles. The summed E-state index contributed by atoms with van der Waals surface area (Å²) in [5.74, 6) is 0.424. The van der Waals surface area contributed by atoms with Crippen molar-refractivity contribution in [2.45, 2.75) is 12.5 Å². The lowest BCUT2D eigenvalue weighted by atomic mass is 10.00. The molecule has 1 unspecified atom stereocenters. The Hall–Kier alpha value is -2.14. The van der Waals surface area contributed by atoms with Crippen LogP contribution in [0.2, 0.25) is 0 Å². The zero-order valence-corrected chi connectivity index (χ0v) is 11.4. The molecule has 2 aromatic rings. The van der Waals surface area contributed by atoms with Crippen molar-refractivity contribution in [2.24, 2.45) is 7.05 Å². The van der Waals surface area contributed by atoms with E-state index >= 15 is 0 Å². The van der Waals surface area contributed by atoms with Crippen molar-refractivity contribution in [3.63, 3.8) is 0 Å². The standard InChI is InChI=1S/C15H17N3O2/c1-18-15(19)14-12(10-17-18)13(16-7-8-20-14)9-11-5-3-2-4-6-11/h2-6,10,13,16H,7-9H2,1H3. The third kappa shape index (κ3) is 2.44. The Morgan fingerprint density at radius 3 is 3.00 bits per heavy atom. The van der Waals surface area contributed by atoms with Crippen LogP contribution in [-0.4, -0.2) is 22.9 Å². The number of benzene rings is 1. The molecule has 0 saturated heterocycles. The lowest BCUT2D eigenvalue weighted by Gasteiger charge is -2.17. The van der Waals surface area contributed by atoms with Crippen LogP contribution in [0.4, 0.5) is 0 Å². The SMILES string of the molecule is Cn1ncc2c(c1=O)OCCNC2Cc1ccccc1. The minimum Gasteiger partial charge on any atom is -0.486 e. The largest absolute Gasteiger partial charge is 0.486 e.